The molecule has 106 valence electrons. The summed E-state index contributed by atoms with van der Waals surface area (Å²) in [4.78, 5) is 11.4. The number of nitrogens with zero attached hydrogens (tertiary/aromatic N) is 1. The van der Waals surface area contributed by atoms with Gasteiger partial charge in [0.15, 0.2) is 5.76 Å². The summed E-state index contributed by atoms with van der Waals surface area (Å²) >= 11 is 0. The van der Waals surface area contributed by atoms with E-state index in [1.807, 2.05) is 0 Å². The summed E-state index contributed by atoms with van der Waals surface area (Å²) in [6.45, 7) is 4.10. The molecule has 1 saturated carbocycles. The molecule has 0 spiro atoms. The molecule has 1 aliphatic carbocycles. The lowest BCUT2D eigenvalue weighted by Gasteiger charge is -2.20. The van der Waals surface area contributed by atoms with Gasteiger partial charge >= 0.3 is 5.97 Å². The highest BCUT2D eigenvalue weighted by molar-refractivity contribution is 5.90. The molecule has 4 nitrogen and oxygen atoms in total. The van der Waals surface area contributed by atoms with Gasteiger partial charge in [-0.3, -0.25) is 0 Å². The number of carbonyl (C=O) groups is 1. The minimum atomic E-state index is -0.900. The average molecular weight is 265 g/mol. The summed E-state index contributed by atoms with van der Waals surface area (Å²) in [5.74, 6) is 0.577. The topological polar surface area (TPSA) is 63.3 Å². The van der Waals surface area contributed by atoms with Gasteiger partial charge in [-0.1, -0.05) is 51.1 Å². The fraction of sp³-hybridized carbons (Fsp3) is 0.733. The van der Waals surface area contributed by atoms with Gasteiger partial charge in [0.25, 0.3) is 0 Å². The molecule has 2 rings (SSSR count). The molecule has 0 amide bonds. The summed E-state index contributed by atoms with van der Waals surface area (Å²) in [5.41, 5.74) is 0.967. The molecule has 1 aromatic heterocycles. The third kappa shape index (κ3) is 3.58. The summed E-state index contributed by atoms with van der Waals surface area (Å²) in [6, 6.07) is 0. The van der Waals surface area contributed by atoms with Crippen LogP contribution in [-0.4, -0.2) is 16.2 Å². The van der Waals surface area contributed by atoms with Crippen molar-refractivity contribution in [2.75, 3.05) is 0 Å². The molecule has 1 aromatic rings. The first-order chi connectivity index (χ1) is 9.08. The second kappa shape index (κ2) is 6.22. The number of carboxylic acid groups (broad SMARTS) is 1. The van der Waals surface area contributed by atoms with E-state index in [2.05, 4.69) is 19.0 Å². The molecule has 1 aliphatic rings. The first kappa shape index (κ1) is 14.1. The summed E-state index contributed by atoms with van der Waals surface area (Å²) in [6.07, 6.45) is 7.58. The van der Waals surface area contributed by atoms with Crippen LogP contribution in [0.15, 0.2) is 4.52 Å². The van der Waals surface area contributed by atoms with Gasteiger partial charge in [-0.2, -0.15) is 0 Å². The van der Waals surface area contributed by atoms with Crippen molar-refractivity contribution in [3.05, 3.63) is 17.0 Å². The molecular formula is C15H23NO3. The molecule has 0 saturated heterocycles. The van der Waals surface area contributed by atoms with Gasteiger partial charge in [-0.25, -0.2) is 4.79 Å². The van der Waals surface area contributed by atoms with Crippen molar-refractivity contribution in [2.24, 2.45) is 11.8 Å². The van der Waals surface area contributed by atoms with Gasteiger partial charge in [-0.15, -0.1) is 0 Å². The lowest BCUT2D eigenvalue weighted by Crippen LogP contribution is -2.12. The number of hydrogen-bond donors (Lipinski definition) is 1. The van der Waals surface area contributed by atoms with Gasteiger partial charge < -0.3 is 9.63 Å². The summed E-state index contributed by atoms with van der Waals surface area (Å²) in [7, 11) is 0. The van der Waals surface area contributed by atoms with Crippen molar-refractivity contribution >= 4 is 5.97 Å². The molecule has 0 aromatic carbocycles. The quantitative estimate of drug-likeness (QED) is 0.881. The summed E-state index contributed by atoms with van der Waals surface area (Å²) in [5, 5.41) is 13.4. The molecule has 0 bridgehead atoms. The Hall–Kier alpha value is -1.32. The minimum absolute atomic E-state index is 0.319. The van der Waals surface area contributed by atoms with Crippen LogP contribution in [0, 0.1) is 11.8 Å². The fourth-order valence-corrected chi connectivity index (χ4v) is 2.92. The average Bonchev–Trinajstić information content (AvgIpc) is 2.72. The summed E-state index contributed by atoms with van der Waals surface area (Å²) < 4.78 is 5.28. The Morgan fingerprint density at radius 3 is 2.63 bits per heavy atom. The fourth-order valence-electron chi connectivity index (χ4n) is 2.92. The van der Waals surface area contributed by atoms with Crippen molar-refractivity contribution in [1.82, 2.24) is 5.16 Å². The van der Waals surface area contributed by atoms with Gasteiger partial charge in [0, 0.05) is 6.42 Å². The highest BCUT2D eigenvalue weighted by Crippen LogP contribution is 2.29. The Labute approximate surface area is 114 Å². The molecule has 0 aliphatic heterocycles. The van der Waals surface area contributed by atoms with E-state index in [0.29, 0.717) is 35.3 Å². The maximum Gasteiger partial charge on any atom is 0.341 e. The first-order valence-corrected chi connectivity index (χ1v) is 7.28. The van der Waals surface area contributed by atoms with Crippen LogP contribution in [-0.2, 0) is 12.8 Å². The predicted octanol–water partition coefficient (Wildman–Crippen LogP) is 3.69. The molecule has 0 atom stereocenters. The maximum absolute atomic E-state index is 11.4. The zero-order chi connectivity index (χ0) is 13.8. The molecule has 19 heavy (non-hydrogen) atoms. The third-order valence-electron chi connectivity index (χ3n) is 3.85. The number of rotatable bonds is 5. The minimum Gasteiger partial charge on any atom is -0.477 e. The molecule has 0 unspecified atom stereocenters. The number of aromatic nitrogens is 1. The standard InChI is InChI=1S/C15H23NO3/c1-10(2)8-13-14(15(17)18)12(16-19-13)9-11-6-4-3-5-7-11/h10-11H,3-9H2,1-2H3,(H,17,18). The van der Waals surface area contributed by atoms with Gasteiger partial charge in [0.2, 0.25) is 0 Å². The lowest BCUT2D eigenvalue weighted by molar-refractivity contribution is 0.0693. The van der Waals surface area contributed by atoms with Crippen LogP contribution >= 0.6 is 0 Å². The predicted molar refractivity (Wildman–Crippen MR) is 72.3 cm³/mol. The van der Waals surface area contributed by atoms with E-state index in [4.69, 9.17) is 4.52 Å². The second-order valence-electron chi connectivity index (χ2n) is 6.04. The Balaban J connectivity index is 2.14. The normalized spacial score (nSPS) is 17.0. The second-order valence-corrected chi connectivity index (χ2v) is 6.04. The van der Waals surface area contributed by atoms with Gasteiger partial charge in [-0.05, 0) is 18.3 Å². The highest BCUT2D eigenvalue weighted by atomic mass is 16.5. The Kier molecular flexibility index (Phi) is 4.61. The lowest BCUT2D eigenvalue weighted by atomic mass is 9.85. The SMILES string of the molecule is CC(C)Cc1onc(CC2CCCCC2)c1C(=O)O. The van der Waals surface area contributed by atoms with E-state index in [0.717, 1.165) is 6.42 Å². The van der Waals surface area contributed by atoms with E-state index in [9.17, 15) is 9.90 Å². The molecule has 1 heterocycles. The Morgan fingerprint density at radius 2 is 2.05 bits per heavy atom. The largest absolute Gasteiger partial charge is 0.477 e. The monoisotopic (exact) mass is 265 g/mol. The van der Waals surface area contributed by atoms with Crippen molar-refractivity contribution < 1.29 is 14.4 Å². The van der Waals surface area contributed by atoms with Crippen molar-refractivity contribution in [2.45, 2.75) is 58.8 Å². The van der Waals surface area contributed by atoms with E-state index in [-0.39, 0.29) is 0 Å². The number of aromatic carboxylic acids is 1. The highest BCUT2D eigenvalue weighted by Gasteiger charge is 2.25. The van der Waals surface area contributed by atoms with Crippen molar-refractivity contribution in [3.63, 3.8) is 0 Å². The molecule has 0 radical (unpaired) electrons. The smallest absolute Gasteiger partial charge is 0.341 e. The molecule has 1 fully saturated rings. The van der Waals surface area contributed by atoms with Crippen LogP contribution in [0.4, 0.5) is 0 Å². The first-order valence-electron chi connectivity index (χ1n) is 7.28. The van der Waals surface area contributed by atoms with Crippen LogP contribution < -0.4 is 0 Å². The zero-order valence-corrected chi connectivity index (χ0v) is 11.8. The van der Waals surface area contributed by atoms with Crippen LogP contribution in [0.25, 0.3) is 0 Å². The van der Waals surface area contributed by atoms with Gasteiger partial charge in [0.1, 0.15) is 5.56 Å². The van der Waals surface area contributed by atoms with E-state index < -0.39 is 5.97 Å². The van der Waals surface area contributed by atoms with Crippen molar-refractivity contribution in [3.8, 4) is 0 Å². The Bertz CT molecular complexity index is 431. The van der Waals surface area contributed by atoms with Crippen molar-refractivity contribution in [1.29, 1.82) is 0 Å². The van der Waals surface area contributed by atoms with Gasteiger partial charge in [0.05, 0.1) is 5.69 Å². The number of hydrogen-bond acceptors (Lipinski definition) is 3. The van der Waals surface area contributed by atoms with E-state index in [1.54, 1.807) is 0 Å². The molecular weight excluding hydrogens is 242 g/mol. The maximum atomic E-state index is 11.4. The van der Waals surface area contributed by atoms with E-state index >= 15 is 0 Å². The zero-order valence-electron chi connectivity index (χ0n) is 11.8. The van der Waals surface area contributed by atoms with Crippen LogP contribution in [0.2, 0.25) is 0 Å². The van der Waals surface area contributed by atoms with Crippen LogP contribution in [0.1, 0.15) is 67.8 Å². The Morgan fingerprint density at radius 1 is 1.37 bits per heavy atom. The van der Waals surface area contributed by atoms with E-state index in [1.165, 1.54) is 32.1 Å². The third-order valence-corrected chi connectivity index (χ3v) is 3.85. The molecule has 4 heteroatoms. The van der Waals surface area contributed by atoms with Crippen LogP contribution in [0.3, 0.4) is 0 Å². The number of carboxylic acids is 1. The van der Waals surface area contributed by atoms with Crippen LogP contribution in [0.5, 0.6) is 0 Å². The molecule has 1 N–H and O–H groups in total.